The lowest BCUT2D eigenvalue weighted by Gasteiger charge is -2.09. The lowest BCUT2D eigenvalue weighted by Crippen LogP contribution is -2.28. The second-order valence-corrected chi connectivity index (χ2v) is 5.35. The molecule has 4 nitrogen and oxygen atoms in total. The molecule has 0 atom stereocenters. The molecule has 1 aromatic heterocycles. The van der Waals surface area contributed by atoms with Crippen molar-refractivity contribution in [1.29, 1.82) is 0 Å². The molecule has 1 amide bonds. The molecule has 21 heavy (non-hydrogen) atoms. The summed E-state index contributed by atoms with van der Waals surface area (Å²) in [5.74, 6) is 2.14. The van der Waals surface area contributed by atoms with Gasteiger partial charge in [-0.2, -0.15) is 0 Å². The highest BCUT2D eigenvalue weighted by molar-refractivity contribution is 6.30. The van der Waals surface area contributed by atoms with E-state index in [1.165, 1.54) is 0 Å². The maximum absolute atomic E-state index is 11.8. The van der Waals surface area contributed by atoms with Crippen LogP contribution in [0.15, 0.2) is 28.7 Å². The maximum Gasteiger partial charge on any atom is 0.258 e. The monoisotopic (exact) mass is 307 g/mol. The average Bonchev–Trinajstić information content (AvgIpc) is 2.73. The van der Waals surface area contributed by atoms with Crippen molar-refractivity contribution in [2.24, 2.45) is 0 Å². The van der Waals surface area contributed by atoms with Crippen molar-refractivity contribution in [2.45, 2.75) is 27.3 Å². The molecule has 0 fully saturated rings. The Morgan fingerprint density at radius 3 is 2.67 bits per heavy atom. The van der Waals surface area contributed by atoms with Crippen LogP contribution in [0.25, 0.3) is 0 Å². The van der Waals surface area contributed by atoms with Gasteiger partial charge in [-0.15, -0.1) is 0 Å². The van der Waals surface area contributed by atoms with Gasteiger partial charge in [-0.3, -0.25) is 4.79 Å². The quantitative estimate of drug-likeness (QED) is 0.919. The van der Waals surface area contributed by atoms with Crippen LogP contribution in [0.5, 0.6) is 5.75 Å². The number of hydrogen-bond donors (Lipinski definition) is 1. The van der Waals surface area contributed by atoms with Crippen molar-refractivity contribution in [3.05, 3.63) is 51.9 Å². The van der Waals surface area contributed by atoms with Crippen LogP contribution in [0.3, 0.4) is 0 Å². The smallest absolute Gasteiger partial charge is 0.258 e. The largest absolute Gasteiger partial charge is 0.484 e. The molecule has 0 saturated carbocycles. The Morgan fingerprint density at radius 1 is 1.29 bits per heavy atom. The molecule has 2 aromatic rings. The summed E-state index contributed by atoms with van der Waals surface area (Å²) in [7, 11) is 0. The minimum atomic E-state index is -0.178. The van der Waals surface area contributed by atoms with Gasteiger partial charge < -0.3 is 14.5 Å². The number of rotatable bonds is 5. The van der Waals surface area contributed by atoms with Crippen LogP contribution in [0.1, 0.15) is 22.6 Å². The van der Waals surface area contributed by atoms with E-state index in [0.29, 0.717) is 17.3 Å². The molecule has 0 unspecified atom stereocenters. The third kappa shape index (κ3) is 4.26. The molecule has 5 heteroatoms. The Hall–Kier alpha value is -1.94. The molecule has 0 saturated heterocycles. The second-order valence-electron chi connectivity index (χ2n) is 4.91. The molecule has 0 aliphatic heterocycles. The normalized spacial score (nSPS) is 10.5. The van der Waals surface area contributed by atoms with Crippen LogP contribution < -0.4 is 10.1 Å². The topological polar surface area (TPSA) is 51.5 Å². The van der Waals surface area contributed by atoms with Gasteiger partial charge in [0.15, 0.2) is 6.61 Å². The van der Waals surface area contributed by atoms with Crippen molar-refractivity contribution < 1.29 is 13.9 Å². The first-order valence-corrected chi connectivity index (χ1v) is 7.05. The third-order valence-corrected chi connectivity index (χ3v) is 3.35. The number of furan rings is 1. The Bertz CT molecular complexity index is 649. The van der Waals surface area contributed by atoms with Gasteiger partial charge >= 0.3 is 0 Å². The number of halogens is 1. The molecule has 0 radical (unpaired) electrons. The Labute approximate surface area is 129 Å². The van der Waals surface area contributed by atoms with E-state index in [9.17, 15) is 4.79 Å². The first kappa shape index (κ1) is 15.4. The van der Waals surface area contributed by atoms with E-state index in [2.05, 4.69) is 5.32 Å². The summed E-state index contributed by atoms with van der Waals surface area (Å²) in [6, 6.07) is 7.21. The van der Waals surface area contributed by atoms with Crippen molar-refractivity contribution >= 4 is 17.5 Å². The second kappa shape index (κ2) is 6.68. The van der Waals surface area contributed by atoms with Gasteiger partial charge in [-0.05, 0) is 50.6 Å². The van der Waals surface area contributed by atoms with E-state index in [1.807, 2.05) is 26.8 Å². The lowest BCUT2D eigenvalue weighted by molar-refractivity contribution is -0.123. The first-order chi connectivity index (χ1) is 9.95. The van der Waals surface area contributed by atoms with Crippen molar-refractivity contribution in [2.75, 3.05) is 6.61 Å². The molecule has 1 N–H and O–H groups in total. The predicted octanol–water partition coefficient (Wildman–Crippen LogP) is 3.55. The molecule has 0 aliphatic rings. The number of ether oxygens (including phenoxy) is 1. The highest BCUT2D eigenvalue weighted by Gasteiger charge is 2.08. The summed E-state index contributed by atoms with van der Waals surface area (Å²) in [4.78, 5) is 11.8. The average molecular weight is 308 g/mol. The molecule has 112 valence electrons. The third-order valence-electron chi connectivity index (χ3n) is 3.12. The van der Waals surface area contributed by atoms with Crippen LogP contribution in [0, 0.1) is 20.8 Å². The summed E-state index contributed by atoms with van der Waals surface area (Å²) < 4.78 is 10.9. The molecular formula is C16H18ClNO3. The number of aryl methyl sites for hydroxylation is 3. The number of nitrogens with one attached hydrogen (secondary N) is 1. The summed E-state index contributed by atoms with van der Waals surface area (Å²) >= 11 is 5.87. The molecule has 2 rings (SSSR count). The van der Waals surface area contributed by atoms with E-state index in [1.54, 1.807) is 18.2 Å². The van der Waals surface area contributed by atoms with Gasteiger partial charge in [-0.1, -0.05) is 11.6 Å². The van der Waals surface area contributed by atoms with Crippen LogP contribution in [0.2, 0.25) is 5.02 Å². The molecule has 0 spiro atoms. The molecule has 1 heterocycles. The number of benzene rings is 1. The van der Waals surface area contributed by atoms with E-state index >= 15 is 0 Å². The number of carbonyl (C=O) groups is 1. The fourth-order valence-electron chi connectivity index (χ4n) is 2.02. The Morgan fingerprint density at radius 2 is 2.05 bits per heavy atom. The summed E-state index contributed by atoms with van der Waals surface area (Å²) in [5.41, 5.74) is 1.88. The molecule has 0 bridgehead atoms. The number of hydrogen-bond acceptors (Lipinski definition) is 3. The lowest BCUT2D eigenvalue weighted by atomic mass is 10.2. The fourth-order valence-corrected chi connectivity index (χ4v) is 2.25. The summed E-state index contributed by atoms with van der Waals surface area (Å²) in [5, 5.41) is 3.45. The maximum atomic E-state index is 11.8. The van der Waals surface area contributed by atoms with Gasteiger partial charge in [0.2, 0.25) is 0 Å². The van der Waals surface area contributed by atoms with Gasteiger partial charge in [-0.25, -0.2) is 0 Å². The zero-order chi connectivity index (χ0) is 15.4. The van der Waals surface area contributed by atoms with E-state index in [0.717, 1.165) is 22.6 Å². The molecular weight excluding hydrogens is 290 g/mol. The van der Waals surface area contributed by atoms with Gasteiger partial charge in [0.25, 0.3) is 5.91 Å². The number of carbonyl (C=O) groups excluding carboxylic acids is 1. The SMILES string of the molecule is Cc1cc(CNC(=O)COc2ccc(Cl)cc2C)c(C)o1. The predicted molar refractivity (Wildman–Crippen MR) is 81.7 cm³/mol. The fraction of sp³-hybridized carbons (Fsp3) is 0.312. The van der Waals surface area contributed by atoms with Crippen molar-refractivity contribution in [3.8, 4) is 5.75 Å². The highest BCUT2D eigenvalue weighted by atomic mass is 35.5. The van der Waals surface area contributed by atoms with Crippen LogP contribution >= 0.6 is 11.6 Å². The van der Waals surface area contributed by atoms with Crippen molar-refractivity contribution in [1.82, 2.24) is 5.32 Å². The zero-order valence-electron chi connectivity index (χ0n) is 12.3. The van der Waals surface area contributed by atoms with Gasteiger partial charge in [0.1, 0.15) is 17.3 Å². The number of amides is 1. The van der Waals surface area contributed by atoms with E-state index in [4.69, 9.17) is 20.8 Å². The summed E-state index contributed by atoms with van der Waals surface area (Å²) in [6.45, 7) is 6.05. The van der Waals surface area contributed by atoms with Crippen LogP contribution in [0.4, 0.5) is 0 Å². The van der Waals surface area contributed by atoms with E-state index in [-0.39, 0.29) is 12.5 Å². The van der Waals surface area contributed by atoms with Gasteiger partial charge in [0, 0.05) is 17.1 Å². The zero-order valence-corrected chi connectivity index (χ0v) is 13.1. The standard InChI is InChI=1S/C16H18ClNO3/c1-10-6-14(17)4-5-15(10)20-9-16(19)18-8-13-7-11(2)21-12(13)3/h4-7H,8-9H2,1-3H3,(H,18,19). The Balaban J connectivity index is 1.83. The van der Waals surface area contributed by atoms with Crippen LogP contribution in [-0.2, 0) is 11.3 Å². The minimum Gasteiger partial charge on any atom is -0.484 e. The summed E-state index contributed by atoms with van der Waals surface area (Å²) in [6.07, 6.45) is 0. The Kier molecular flexibility index (Phi) is 4.91. The van der Waals surface area contributed by atoms with E-state index < -0.39 is 0 Å². The van der Waals surface area contributed by atoms with Crippen molar-refractivity contribution in [3.63, 3.8) is 0 Å². The molecule has 1 aromatic carbocycles. The van der Waals surface area contributed by atoms with Crippen LogP contribution in [-0.4, -0.2) is 12.5 Å². The van der Waals surface area contributed by atoms with Gasteiger partial charge in [0.05, 0.1) is 0 Å². The molecule has 0 aliphatic carbocycles. The first-order valence-electron chi connectivity index (χ1n) is 6.67. The minimum absolute atomic E-state index is 0.0294. The highest BCUT2D eigenvalue weighted by Crippen LogP contribution is 2.21.